The largest absolute Gasteiger partial charge is 0.445 e. The number of alkyl carbamates (subject to hydrolysis) is 1. The van der Waals surface area contributed by atoms with Gasteiger partial charge in [-0.05, 0) is 36.5 Å². The third-order valence-corrected chi connectivity index (χ3v) is 5.85. The molecule has 6 nitrogen and oxygen atoms in total. The first-order valence-electron chi connectivity index (χ1n) is 10.3. The second-order valence-electron chi connectivity index (χ2n) is 7.69. The molecule has 3 aromatic rings. The van der Waals surface area contributed by atoms with Crippen LogP contribution in [0.15, 0.2) is 54.6 Å². The molecule has 6 heteroatoms. The van der Waals surface area contributed by atoms with Gasteiger partial charge in [0.1, 0.15) is 6.61 Å². The Morgan fingerprint density at radius 1 is 1.17 bits per heavy atom. The Morgan fingerprint density at radius 2 is 2.00 bits per heavy atom. The predicted molar refractivity (Wildman–Crippen MR) is 110 cm³/mol. The standard InChI is InChI=1S/C23H25N3O3/c27-23(28-15-16-7-2-1-3-8-16)25-20-11-6-14-29-26-13-12-18-17-9-4-5-10-19(17)24-21(18)22(20)26/h1-5,7-10,20,22,24H,6,11-15H2,(H,25,27)/t20-,22+/m1/s1. The van der Waals surface area contributed by atoms with Gasteiger partial charge in [-0.1, -0.05) is 48.5 Å². The van der Waals surface area contributed by atoms with E-state index in [2.05, 4.69) is 28.5 Å². The Bertz CT molecular complexity index is 1000. The molecule has 0 spiro atoms. The zero-order valence-corrected chi connectivity index (χ0v) is 16.3. The van der Waals surface area contributed by atoms with Crippen LogP contribution in [0.3, 0.4) is 0 Å². The van der Waals surface area contributed by atoms with Crippen LogP contribution in [-0.2, 0) is 22.6 Å². The van der Waals surface area contributed by atoms with Gasteiger partial charge in [-0.25, -0.2) is 4.79 Å². The molecule has 150 valence electrons. The molecule has 0 aliphatic carbocycles. The zero-order valence-electron chi connectivity index (χ0n) is 16.3. The highest BCUT2D eigenvalue weighted by Crippen LogP contribution is 2.38. The van der Waals surface area contributed by atoms with Gasteiger partial charge in [0.25, 0.3) is 0 Å². The van der Waals surface area contributed by atoms with Crippen molar-refractivity contribution >= 4 is 17.0 Å². The molecule has 1 aromatic heterocycles. The van der Waals surface area contributed by atoms with Gasteiger partial charge in [-0.15, -0.1) is 0 Å². The maximum atomic E-state index is 12.6. The molecular weight excluding hydrogens is 366 g/mol. The van der Waals surface area contributed by atoms with E-state index >= 15 is 0 Å². The van der Waals surface area contributed by atoms with Gasteiger partial charge >= 0.3 is 6.09 Å². The summed E-state index contributed by atoms with van der Waals surface area (Å²) < 4.78 is 5.48. The number of nitrogens with one attached hydrogen (secondary N) is 2. The molecular formula is C23H25N3O3. The fraction of sp³-hybridized carbons (Fsp3) is 0.348. The predicted octanol–water partition coefficient (Wildman–Crippen LogP) is 4.09. The van der Waals surface area contributed by atoms with E-state index in [4.69, 9.17) is 9.57 Å². The van der Waals surface area contributed by atoms with Crippen LogP contribution < -0.4 is 5.32 Å². The quantitative estimate of drug-likeness (QED) is 0.706. The molecule has 1 fully saturated rings. The average Bonchev–Trinajstić information content (AvgIpc) is 3.01. The number of aromatic nitrogens is 1. The number of hydrogen-bond acceptors (Lipinski definition) is 4. The molecule has 2 atom stereocenters. The minimum absolute atomic E-state index is 0.0436. The van der Waals surface area contributed by atoms with Crippen molar-refractivity contribution in [3.8, 4) is 0 Å². The van der Waals surface area contributed by atoms with Gasteiger partial charge in [0.05, 0.1) is 18.7 Å². The highest BCUT2D eigenvalue weighted by molar-refractivity contribution is 5.85. The molecule has 2 N–H and O–H groups in total. The van der Waals surface area contributed by atoms with Crippen molar-refractivity contribution in [1.82, 2.24) is 15.4 Å². The fourth-order valence-corrected chi connectivity index (χ4v) is 4.50. The Balaban J connectivity index is 1.38. The van der Waals surface area contributed by atoms with Gasteiger partial charge in [0.2, 0.25) is 0 Å². The topological polar surface area (TPSA) is 66.6 Å². The van der Waals surface area contributed by atoms with E-state index in [1.54, 1.807) is 0 Å². The van der Waals surface area contributed by atoms with E-state index in [1.165, 1.54) is 10.9 Å². The highest BCUT2D eigenvalue weighted by atomic mass is 16.7. The summed E-state index contributed by atoms with van der Waals surface area (Å²) in [4.78, 5) is 22.2. The fourth-order valence-electron chi connectivity index (χ4n) is 4.50. The van der Waals surface area contributed by atoms with E-state index < -0.39 is 0 Å². The second kappa shape index (κ2) is 7.89. The van der Waals surface area contributed by atoms with E-state index in [-0.39, 0.29) is 24.8 Å². The first-order chi connectivity index (χ1) is 14.3. The third kappa shape index (κ3) is 3.61. The van der Waals surface area contributed by atoms with E-state index in [0.717, 1.165) is 42.6 Å². The maximum Gasteiger partial charge on any atom is 0.407 e. The lowest BCUT2D eigenvalue weighted by molar-refractivity contribution is -0.188. The number of carbonyl (C=O) groups is 1. The van der Waals surface area contributed by atoms with Gasteiger partial charge in [-0.2, -0.15) is 5.06 Å². The van der Waals surface area contributed by atoms with Gasteiger partial charge in [0.15, 0.2) is 0 Å². The lowest BCUT2D eigenvalue weighted by Crippen LogP contribution is -2.47. The Morgan fingerprint density at radius 3 is 2.90 bits per heavy atom. The monoisotopic (exact) mass is 391 g/mol. The SMILES string of the molecule is O=C(N[C@@H]1CCCON2CCc3c([nH]c4ccccc34)[C@H]12)OCc1ccccc1. The van der Waals surface area contributed by atoms with Gasteiger partial charge < -0.3 is 15.0 Å². The number of carbonyl (C=O) groups excluding carboxylic acids is 1. The third-order valence-electron chi connectivity index (χ3n) is 5.85. The summed E-state index contributed by atoms with van der Waals surface area (Å²) in [7, 11) is 0. The van der Waals surface area contributed by atoms with E-state index in [0.29, 0.717) is 6.61 Å². The van der Waals surface area contributed by atoms with Crippen LogP contribution in [0.25, 0.3) is 10.9 Å². The summed E-state index contributed by atoms with van der Waals surface area (Å²) in [5, 5.41) is 6.41. The summed E-state index contributed by atoms with van der Waals surface area (Å²) >= 11 is 0. The second-order valence-corrected chi connectivity index (χ2v) is 7.69. The average molecular weight is 391 g/mol. The summed E-state index contributed by atoms with van der Waals surface area (Å²) in [6.07, 6.45) is 2.29. The van der Waals surface area contributed by atoms with Crippen LogP contribution in [0.5, 0.6) is 0 Å². The number of amides is 1. The van der Waals surface area contributed by atoms with Gasteiger partial charge in [-0.3, -0.25) is 4.84 Å². The first kappa shape index (κ1) is 18.2. The van der Waals surface area contributed by atoms with Crippen molar-refractivity contribution in [2.75, 3.05) is 13.2 Å². The van der Waals surface area contributed by atoms with Crippen molar-refractivity contribution in [2.45, 2.75) is 38.0 Å². The van der Waals surface area contributed by atoms with Crippen molar-refractivity contribution in [1.29, 1.82) is 0 Å². The maximum absolute atomic E-state index is 12.6. The smallest absolute Gasteiger partial charge is 0.407 e. The van der Waals surface area contributed by atoms with Crippen LogP contribution in [0.2, 0.25) is 0 Å². The number of hydroxylamine groups is 2. The van der Waals surface area contributed by atoms with Crippen molar-refractivity contribution in [2.24, 2.45) is 0 Å². The lowest BCUT2D eigenvalue weighted by atomic mass is 9.92. The molecule has 3 heterocycles. The van der Waals surface area contributed by atoms with Crippen molar-refractivity contribution < 1.29 is 14.4 Å². The zero-order chi connectivity index (χ0) is 19.6. The number of para-hydroxylation sites is 1. The molecule has 2 aliphatic rings. The van der Waals surface area contributed by atoms with Crippen LogP contribution in [0.4, 0.5) is 4.79 Å². The summed E-state index contributed by atoms with van der Waals surface area (Å²) in [5.74, 6) is 0. The van der Waals surface area contributed by atoms with E-state index in [1.807, 2.05) is 41.5 Å². The molecule has 0 unspecified atom stereocenters. The van der Waals surface area contributed by atoms with Crippen LogP contribution in [0, 0.1) is 0 Å². The number of rotatable bonds is 3. The Kier molecular flexibility index (Phi) is 4.96. The summed E-state index contributed by atoms with van der Waals surface area (Å²) in [6, 6.07) is 18.0. The van der Waals surface area contributed by atoms with Crippen molar-refractivity contribution in [3.05, 3.63) is 71.4 Å². The number of ether oxygens (including phenoxy) is 1. The van der Waals surface area contributed by atoms with Gasteiger partial charge in [0, 0.05) is 23.1 Å². The normalized spacial score (nSPS) is 21.8. The van der Waals surface area contributed by atoms with Crippen molar-refractivity contribution in [3.63, 3.8) is 0 Å². The number of aromatic amines is 1. The number of nitrogens with zero attached hydrogens (tertiary/aromatic N) is 1. The minimum Gasteiger partial charge on any atom is -0.445 e. The molecule has 2 aliphatic heterocycles. The molecule has 5 rings (SSSR count). The number of H-pyrrole nitrogens is 1. The molecule has 0 bridgehead atoms. The molecule has 0 radical (unpaired) electrons. The van der Waals surface area contributed by atoms with Crippen LogP contribution >= 0.6 is 0 Å². The molecule has 1 amide bonds. The van der Waals surface area contributed by atoms with Crippen LogP contribution in [0.1, 0.15) is 35.7 Å². The Hall–Kier alpha value is -2.83. The molecule has 2 aromatic carbocycles. The summed E-state index contributed by atoms with van der Waals surface area (Å²) in [5.41, 5.74) is 4.59. The highest BCUT2D eigenvalue weighted by Gasteiger charge is 2.39. The number of fused-ring (bicyclic) bond motifs is 5. The molecule has 0 saturated carbocycles. The summed E-state index contributed by atoms with van der Waals surface area (Å²) in [6.45, 7) is 1.75. The van der Waals surface area contributed by atoms with Crippen LogP contribution in [-0.4, -0.2) is 35.3 Å². The number of hydrogen-bond donors (Lipinski definition) is 2. The first-order valence-corrected chi connectivity index (χ1v) is 10.3. The van der Waals surface area contributed by atoms with E-state index in [9.17, 15) is 4.79 Å². The minimum atomic E-state index is -0.385. The lowest BCUT2D eigenvalue weighted by Gasteiger charge is -2.37. The number of benzene rings is 2. The molecule has 1 saturated heterocycles. The Labute approximate surface area is 169 Å². The molecule has 29 heavy (non-hydrogen) atoms.